The number of benzene rings is 1. The highest BCUT2D eigenvalue weighted by atomic mass is 16.2. The van der Waals surface area contributed by atoms with Gasteiger partial charge in [-0.15, -0.1) is 0 Å². The number of aromatic nitrogens is 1. The third-order valence-electron chi connectivity index (χ3n) is 2.32. The van der Waals surface area contributed by atoms with Gasteiger partial charge in [0.05, 0.1) is 11.9 Å². The molecular formula is C11H7N3O. The number of rotatable bonds is 1. The smallest absolute Gasteiger partial charge is 0.353 e. The molecule has 15 heavy (non-hydrogen) atoms. The number of hydrogen-bond acceptors (Lipinski definition) is 1. The lowest BCUT2D eigenvalue weighted by molar-refractivity contribution is 0.257. The molecule has 0 atom stereocenters. The molecule has 2 heterocycles. The molecule has 0 aliphatic carbocycles. The predicted octanol–water partition coefficient (Wildman–Crippen LogP) is 2.16. The number of carbonyl (C=O) groups is 1. The van der Waals surface area contributed by atoms with Gasteiger partial charge in [-0.05, 0) is 12.1 Å². The largest absolute Gasteiger partial charge is 0.367 e. The molecule has 1 aromatic carbocycles. The molecule has 0 fully saturated rings. The first kappa shape index (κ1) is 8.11. The molecule has 0 bridgehead atoms. The van der Waals surface area contributed by atoms with Gasteiger partial charge in [0.15, 0.2) is 0 Å². The van der Waals surface area contributed by atoms with Gasteiger partial charge in [-0.3, -0.25) is 0 Å². The van der Waals surface area contributed by atoms with Crippen molar-refractivity contribution in [3.05, 3.63) is 36.0 Å². The molecule has 1 N–H and O–H groups in total. The molecule has 1 aliphatic heterocycles. The zero-order valence-corrected chi connectivity index (χ0v) is 7.77. The molecular weight excluding hydrogens is 190 g/mol. The fourth-order valence-electron chi connectivity index (χ4n) is 1.62. The first-order valence-electron chi connectivity index (χ1n) is 4.58. The van der Waals surface area contributed by atoms with Crippen LogP contribution in [0.3, 0.4) is 0 Å². The third-order valence-corrected chi connectivity index (χ3v) is 2.32. The van der Waals surface area contributed by atoms with Crippen molar-refractivity contribution in [2.24, 2.45) is 9.98 Å². The topological polar surface area (TPSA) is 57.6 Å². The Bertz CT molecular complexity index is 574. The maximum absolute atomic E-state index is 10.8. The molecule has 0 saturated heterocycles. The van der Waals surface area contributed by atoms with E-state index in [-0.39, 0.29) is 0 Å². The second kappa shape index (κ2) is 2.88. The number of carbonyl (C=O) groups excluding carboxylic acids is 1. The molecule has 4 heteroatoms. The number of aromatic amines is 1. The van der Waals surface area contributed by atoms with Crippen molar-refractivity contribution >= 4 is 28.9 Å². The van der Waals surface area contributed by atoms with E-state index in [2.05, 4.69) is 15.0 Å². The molecule has 0 unspecified atom stereocenters. The Balaban J connectivity index is 2.17. The van der Waals surface area contributed by atoms with Crippen molar-refractivity contribution in [1.29, 1.82) is 0 Å². The molecule has 72 valence electrons. The van der Waals surface area contributed by atoms with Crippen LogP contribution in [0.5, 0.6) is 0 Å². The van der Waals surface area contributed by atoms with E-state index in [1.165, 1.54) is 6.21 Å². The fourth-order valence-corrected chi connectivity index (χ4v) is 1.62. The summed E-state index contributed by atoms with van der Waals surface area (Å²) < 4.78 is 0. The summed E-state index contributed by atoms with van der Waals surface area (Å²) in [5.74, 6) is 0. The molecule has 2 amide bonds. The maximum Gasteiger partial charge on any atom is 0.367 e. The van der Waals surface area contributed by atoms with E-state index in [4.69, 9.17) is 0 Å². The number of hydrogen-bond donors (Lipinski definition) is 1. The highest BCUT2D eigenvalue weighted by molar-refractivity contribution is 6.43. The van der Waals surface area contributed by atoms with Crippen LogP contribution in [-0.2, 0) is 0 Å². The zero-order valence-electron chi connectivity index (χ0n) is 7.77. The predicted molar refractivity (Wildman–Crippen MR) is 58.7 cm³/mol. The Morgan fingerprint density at radius 2 is 2.07 bits per heavy atom. The monoisotopic (exact) mass is 197 g/mol. The minimum Gasteiger partial charge on any atom is -0.353 e. The third kappa shape index (κ3) is 1.27. The SMILES string of the molecule is O=C1N=CC(c2cc3ccccc3[nH]2)=N1. The molecule has 0 saturated carbocycles. The zero-order chi connectivity index (χ0) is 10.3. The quantitative estimate of drug-likeness (QED) is 0.748. The Kier molecular flexibility index (Phi) is 1.56. The number of para-hydroxylation sites is 1. The van der Waals surface area contributed by atoms with E-state index in [1.54, 1.807) is 0 Å². The molecule has 1 aliphatic rings. The second-order valence-corrected chi connectivity index (χ2v) is 3.31. The number of amides is 2. The summed E-state index contributed by atoms with van der Waals surface area (Å²) in [6, 6.07) is 9.42. The van der Waals surface area contributed by atoms with E-state index in [0.29, 0.717) is 5.71 Å². The van der Waals surface area contributed by atoms with Gasteiger partial charge < -0.3 is 4.98 Å². The average molecular weight is 197 g/mol. The molecule has 3 rings (SSSR count). The van der Waals surface area contributed by atoms with Crippen molar-refractivity contribution in [3.63, 3.8) is 0 Å². The summed E-state index contributed by atoms with van der Waals surface area (Å²) in [4.78, 5) is 21.4. The number of nitrogens with zero attached hydrogens (tertiary/aromatic N) is 2. The summed E-state index contributed by atoms with van der Waals surface area (Å²) in [7, 11) is 0. The standard InChI is InChI=1S/C11H7N3O/c15-11-12-6-10(14-11)9-5-7-3-1-2-4-8(7)13-9/h1-6,13H. The van der Waals surface area contributed by atoms with Crippen molar-refractivity contribution in [1.82, 2.24) is 4.98 Å². The summed E-state index contributed by atoms with van der Waals surface area (Å²) in [6.45, 7) is 0. The lowest BCUT2D eigenvalue weighted by Crippen LogP contribution is -1.98. The van der Waals surface area contributed by atoms with Gasteiger partial charge in [0.1, 0.15) is 5.71 Å². The number of nitrogens with one attached hydrogen (secondary N) is 1. The minimum absolute atomic E-state index is 0.441. The molecule has 0 radical (unpaired) electrons. The van der Waals surface area contributed by atoms with Crippen LogP contribution in [0, 0.1) is 0 Å². The van der Waals surface area contributed by atoms with Gasteiger partial charge in [0.25, 0.3) is 0 Å². The molecule has 2 aromatic rings. The van der Waals surface area contributed by atoms with Crippen LogP contribution >= 0.6 is 0 Å². The lowest BCUT2D eigenvalue weighted by Gasteiger charge is -1.88. The highest BCUT2D eigenvalue weighted by Crippen LogP contribution is 2.15. The van der Waals surface area contributed by atoms with E-state index >= 15 is 0 Å². The minimum atomic E-state index is -0.441. The molecule has 1 aromatic heterocycles. The van der Waals surface area contributed by atoms with Crippen LogP contribution in [0.2, 0.25) is 0 Å². The van der Waals surface area contributed by atoms with E-state index in [1.807, 2.05) is 30.3 Å². The first-order chi connectivity index (χ1) is 7.33. The summed E-state index contributed by atoms with van der Waals surface area (Å²) >= 11 is 0. The van der Waals surface area contributed by atoms with Crippen molar-refractivity contribution in [2.75, 3.05) is 0 Å². The van der Waals surface area contributed by atoms with Gasteiger partial charge in [0, 0.05) is 10.9 Å². The van der Waals surface area contributed by atoms with Gasteiger partial charge in [-0.2, -0.15) is 9.98 Å². The lowest BCUT2D eigenvalue weighted by atomic mass is 10.2. The number of H-pyrrole nitrogens is 1. The van der Waals surface area contributed by atoms with Crippen LogP contribution < -0.4 is 0 Å². The summed E-state index contributed by atoms with van der Waals surface area (Å²) in [5, 5.41) is 1.10. The van der Waals surface area contributed by atoms with Gasteiger partial charge in [-0.25, -0.2) is 4.79 Å². The van der Waals surface area contributed by atoms with Crippen LogP contribution in [0.25, 0.3) is 10.9 Å². The van der Waals surface area contributed by atoms with Crippen molar-refractivity contribution in [2.45, 2.75) is 0 Å². The van der Waals surface area contributed by atoms with Gasteiger partial charge in [0.2, 0.25) is 0 Å². The number of fused-ring (bicyclic) bond motifs is 1. The van der Waals surface area contributed by atoms with Crippen molar-refractivity contribution < 1.29 is 4.79 Å². The molecule has 4 nitrogen and oxygen atoms in total. The van der Waals surface area contributed by atoms with Gasteiger partial charge in [-0.1, -0.05) is 18.2 Å². The Morgan fingerprint density at radius 1 is 1.20 bits per heavy atom. The fraction of sp³-hybridized carbons (Fsp3) is 0. The van der Waals surface area contributed by atoms with Crippen LogP contribution in [0.1, 0.15) is 5.69 Å². The normalized spacial score (nSPS) is 14.9. The van der Waals surface area contributed by atoms with Gasteiger partial charge >= 0.3 is 6.03 Å². The summed E-state index contributed by atoms with van der Waals surface area (Å²) in [5.41, 5.74) is 2.45. The van der Waals surface area contributed by atoms with Crippen LogP contribution in [0.15, 0.2) is 40.3 Å². The number of urea groups is 1. The van der Waals surface area contributed by atoms with E-state index in [0.717, 1.165) is 16.6 Å². The van der Waals surface area contributed by atoms with E-state index in [9.17, 15) is 4.79 Å². The average Bonchev–Trinajstić information content (AvgIpc) is 2.82. The Labute approximate surface area is 85.4 Å². The highest BCUT2D eigenvalue weighted by Gasteiger charge is 2.12. The second-order valence-electron chi connectivity index (χ2n) is 3.31. The first-order valence-corrected chi connectivity index (χ1v) is 4.58. The molecule has 0 spiro atoms. The Hall–Kier alpha value is -2.23. The van der Waals surface area contributed by atoms with E-state index < -0.39 is 6.03 Å². The van der Waals surface area contributed by atoms with Crippen LogP contribution in [0.4, 0.5) is 4.79 Å². The van der Waals surface area contributed by atoms with Crippen LogP contribution in [-0.4, -0.2) is 22.9 Å². The summed E-state index contributed by atoms with van der Waals surface area (Å²) in [6.07, 6.45) is 1.48. The Morgan fingerprint density at radius 3 is 2.80 bits per heavy atom. The number of aliphatic imine (C=N–C) groups is 2. The van der Waals surface area contributed by atoms with Crippen molar-refractivity contribution in [3.8, 4) is 0 Å². The maximum atomic E-state index is 10.8.